The van der Waals surface area contributed by atoms with Gasteiger partial charge in [0.15, 0.2) is 0 Å². The lowest BCUT2D eigenvalue weighted by Crippen LogP contribution is -2.09. The highest BCUT2D eigenvalue weighted by molar-refractivity contribution is 5.31. The molecule has 0 atom stereocenters. The van der Waals surface area contributed by atoms with Crippen LogP contribution in [0.5, 0.6) is 0 Å². The van der Waals surface area contributed by atoms with Gasteiger partial charge in [-0.1, -0.05) is 18.2 Å². The highest BCUT2D eigenvalue weighted by Gasteiger charge is 1.98. The minimum absolute atomic E-state index is 0.941. The zero-order valence-corrected chi connectivity index (χ0v) is 8.65. The van der Waals surface area contributed by atoms with Crippen molar-refractivity contribution in [2.45, 2.75) is 20.0 Å². The van der Waals surface area contributed by atoms with Gasteiger partial charge < -0.3 is 10.6 Å². The lowest BCUT2D eigenvalue weighted by molar-refractivity contribution is 0.793. The Balaban J connectivity index is 2.83. The molecule has 1 aromatic carbocycles. The smallest absolute Gasteiger partial charge is 0.0205 e. The molecule has 0 radical (unpaired) electrons. The summed E-state index contributed by atoms with van der Waals surface area (Å²) in [6, 6.07) is 6.60. The number of nitrogens with one attached hydrogen (secondary N) is 2. The fraction of sp³-hybridized carbons (Fsp3) is 0.455. The van der Waals surface area contributed by atoms with Gasteiger partial charge in [0.05, 0.1) is 0 Å². The Labute approximate surface area is 80.4 Å². The van der Waals surface area contributed by atoms with Crippen molar-refractivity contribution in [3.63, 3.8) is 0 Å². The molecule has 13 heavy (non-hydrogen) atoms. The van der Waals surface area contributed by atoms with E-state index in [2.05, 4.69) is 35.8 Å². The first-order chi connectivity index (χ1) is 6.27. The first-order valence-corrected chi connectivity index (χ1v) is 4.65. The molecule has 1 aromatic rings. The summed E-state index contributed by atoms with van der Waals surface area (Å²) in [5.41, 5.74) is 4.09. The number of benzene rings is 1. The fourth-order valence-electron chi connectivity index (χ4n) is 1.42. The van der Waals surface area contributed by atoms with Gasteiger partial charge in [-0.2, -0.15) is 0 Å². The molecule has 0 aliphatic carbocycles. The van der Waals surface area contributed by atoms with Crippen molar-refractivity contribution in [3.05, 3.63) is 34.9 Å². The molecule has 0 amide bonds. The van der Waals surface area contributed by atoms with Crippen LogP contribution in [0.1, 0.15) is 16.7 Å². The van der Waals surface area contributed by atoms with Crippen LogP contribution >= 0.6 is 0 Å². The van der Waals surface area contributed by atoms with Crippen LogP contribution in [0.15, 0.2) is 18.2 Å². The Hall–Kier alpha value is -0.860. The Kier molecular flexibility index (Phi) is 3.93. The first kappa shape index (κ1) is 10.2. The summed E-state index contributed by atoms with van der Waals surface area (Å²) in [5.74, 6) is 0. The third-order valence-corrected chi connectivity index (χ3v) is 2.16. The second-order valence-corrected chi connectivity index (χ2v) is 3.32. The van der Waals surface area contributed by atoms with Crippen LogP contribution in [0, 0.1) is 6.92 Å². The van der Waals surface area contributed by atoms with Gasteiger partial charge in [-0.25, -0.2) is 0 Å². The fourth-order valence-corrected chi connectivity index (χ4v) is 1.42. The van der Waals surface area contributed by atoms with Gasteiger partial charge in [0.1, 0.15) is 0 Å². The second-order valence-electron chi connectivity index (χ2n) is 3.32. The average molecular weight is 178 g/mol. The molecule has 0 fully saturated rings. The van der Waals surface area contributed by atoms with Crippen LogP contribution in [0.3, 0.4) is 0 Å². The molecule has 0 saturated heterocycles. The van der Waals surface area contributed by atoms with E-state index in [1.165, 1.54) is 16.7 Å². The highest BCUT2D eigenvalue weighted by Crippen LogP contribution is 2.10. The number of hydrogen-bond donors (Lipinski definition) is 2. The van der Waals surface area contributed by atoms with E-state index in [4.69, 9.17) is 0 Å². The zero-order chi connectivity index (χ0) is 9.68. The molecule has 0 bridgehead atoms. The number of rotatable bonds is 4. The lowest BCUT2D eigenvalue weighted by atomic mass is 10.1. The molecule has 0 aromatic heterocycles. The molecule has 0 unspecified atom stereocenters. The van der Waals surface area contributed by atoms with E-state index in [1.807, 2.05) is 14.1 Å². The van der Waals surface area contributed by atoms with Gasteiger partial charge in [0, 0.05) is 13.1 Å². The van der Waals surface area contributed by atoms with Crippen molar-refractivity contribution >= 4 is 0 Å². The maximum absolute atomic E-state index is 3.17. The van der Waals surface area contributed by atoms with Crippen molar-refractivity contribution in [2.24, 2.45) is 0 Å². The molecule has 72 valence electrons. The van der Waals surface area contributed by atoms with Crippen molar-refractivity contribution in [1.82, 2.24) is 10.6 Å². The molecule has 0 aliphatic heterocycles. The predicted octanol–water partition coefficient (Wildman–Crippen LogP) is 1.43. The lowest BCUT2D eigenvalue weighted by Gasteiger charge is -2.07. The van der Waals surface area contributed by atoms with Gasteiger partial charge in [-0.3, -0.25) is 0 Å². The van der Waals surface area contributed by atoms with E-state index in [1.54, 1.807) is 0 Å². The first-order valence-electron chi connectivity index (χ1n) is 4.65. The summed E-state index contributed by atoms with van der Waals surface area (Å²) >= 11 is 0. The van der Waals surface area contributed by atoms with Gasteiger partial charge in [-0.15, -0.1) is 0 Å². The Morgan fingerprint density at radius 3 is 2.38 bits per heavy atom. The minimum atomic E-state index is 0.941. The van der Waals surface area contributed by atoms with E-state index in [9.17, 15) is 0 Å². The normalized spacial score (nSPS) is 10.4. The van der Waals surface area contributed by atoms with Crippen LogP contribution < -0.4 is 10.6 Å². The summed E-state index contributed by atoms with van der Waals surface area (Å²) in [6.45, 7) is 4.04. The van der Waals surface area contributed by atoms with Crippen LogP contribution in [0.4, 0.5) is 0 Å². The zero-order valence-electron chi connectivity index (χ0n) is 8.65. The minimum Gasteiger partial charge on any atom is -0.316 e. The predicted molar refractivity (Wildman–Crippen MR) is 56.7 cm³/mol. The van der Waals surface area contributed by atoms with Crippen molar-refractivity contribution in [3.8, 4) is 0 Å². The van der Waals surface area contributed by atoms with Crippen molar-refractivity contribution in [1.29, 1.82) is 0 Å². The van der Waals surface area contributed by atoms with E-state index in [-0.39, 0.29) is 0 Å². The van der Waals surface area contributed by atoms with Gasteiger partial charge >= 0.3 is 0 Å². The molecule has 2 nitrogen and oxygen atoms in total. The Morgan fingerprint density at radius 2 is 1.77 bits per heavy atom. The summed E-state index contributed by atoms with van der Waals surface area (Å²) in [4.78, 5) is 0. The average Bonchev–Trinajstić information content (AvgIpc) is 2.12. The Morgan fingerprint density at radius 1 is 1.08 bits per heavy atom. The molecular weight excluding hydrogens is 160 g/mol. The summed E-state index contributed by atoms with van der Waals surface area (Å²) < 4.78 is 0. The molecule has 0 saturated carbocycles. The van der Waals surface area contributed by atoms with Crippen LogP contribution in [-0.4, -0.2) is 14.1 Å². The molecule has 2 N–H and O–H groups in total. The molecule has 2 heteroatoms. The molecule has 0 spiro atoms. The van der Waals surface area contributed by atoms with E-state index >= 15 is 0 Å². The van der Waals surface area contributed by atoms with Crippen LogP contribution in [-0.2, 0) is 13.1 Å². The van der Waals surface area contributed by atoms with Gasteiger partial charge in [0.25, 0.3) is 0 Å². The number of aryl methyl sites for hydroxylation is 1. The highest BCUT2D eigenvalue weighted by atomic mass is 14.8. The monoisotopic (exact) mass is 178 g/mol. The Bertz CT molecular complexity index is 269. The molecule has 0 heterocycles. The third kappa shape index (κ3) is 2.83. The molecular formula is C11H18N2. The van der Waals surface area contributed by atoms with Gasteiger partial charge in [0.2, 0.25) is 0 Å². The van der Waals surface area contributed by atoms with Gasteiger partial charge in [-0.05, 0) is 37.7 Å². The van der Waals surface area contributed by atoms with Crippen molar-refractivity contribution < 1.29 is 0 Å². The SMILES string of the molecule is CNCc1ccc(C)c(CNC)c1. The quantitative estimate of drug-likeness (QED) is 0.729. The molecule has 0 aliphatic rings. The van der Waals surface area contributed by atoms with E-state index < -0.39 is 0 Å². The van der Waals surface area contributed by atoms with Crippen molar-refractivity contribution in [2.75, 3.05) is 14.1 Å². The third-order valence-electron chi connectivity index (χ3n) is 2.16. The standard InChI is InChI=1S/C11H18N2/c1-9-4-5-10(7-12-2)6-11(9)8-13-3/h4-6,12-13H,7-8H2,1-3H3. The van der Waals surface area contributed by atoms with E-state index in [0.29, 0.717) is 0 Å². The number of hydrogen-bond acceptors (Lipinski definition) is 2. The second kappa shape index (κ2) is 5.00. The summed E-state index contributed by atoms with van der Waals surface area (Å²) in [6.07, 6.45) is 0. The summed E-state index contributed by atoms with van der Waals surface area (Å²) in [5, 5.41) is 6.33. The largest absolute Gasteiger partial charge is 0.316 e. The maximum Gasteiger partial charge on any atom is 0.0205 e. The summed E-state index contributed by atoms with van der Waals surface area (Å²) in [7, 11) is 3.95. The maximum atomic E-state index is 3.17. The van der Waals surface area contributed by atoms with E-state index in [0.717, 1.165) is 13.1 Å². The molecule has 1 rings (SSSR count). The topological polar surface area (TPSA) is 24.1 Å². The van der Waals surface area contributed by atoms with Crippen LogP contribution in [0.25, 0.3) is 0 Å². The van der Waals surface area contributed by atoms with Crippen LogP contribution in [0.2, 0.25) is 0 Å².